The maximum absolute atomic E-state index is 12.2. The Bertz CT molecular complexity index is 622. The summed E-state index contributed by atoms with van der Waals surface area (Å²) in [5.41, 5.74) is -0.190. The fourth-order valence-corrected chi connectivity index (χ4v) is 3.22. The van der Waals surface area contributed by atoms with Crippen molar-refractivity contribution in [3.8, 4) is 5.75 Å². The molecule has 1 saturated heterocycles. The Balaban J connectivity index is 2.18. The van der Waals surface area contributed by atoms with Gasteiger partial charge in [-0.15, -0.1) is 0 Å². The molecule has 0 amide bonds. The molecule has 1 aromatic carbocycles. The van der Waals surface area contributed by atoms with Gasteiger partial charge in [-0.05, 0) is 30.5 Å². The molecular formula is C13H17NO6S. The molecule has 0 radical (unpaired) electrons. The predicted molar refractivity (Wildman–Crippen MR) is 74.1 cm³/mol. The third-order valence-corrected chi connectivity index (χ3v) is 4.72. The maximum atomic E-state index is 12.2. The first-order valence-corrected chi connectivity index (χ1v) is 7.91. The zero-order valence-corrected chi connectivity index (χ0v) is 12.4. The largest absolute Gasteiger partial charge is 0.496 e. The van der Waals surface area contributed by atoms with E-state index in [-0.39, 0.29) is 28.7 Å². The highest BCUT2D eigenvalue weighted by Gasteiger charge is 2.22. The van der Waals surface area contributed by atoms with Crippen molar-refractivity contribution in [1.29, 1.82) is 0 Å². The average Bonchev–Trinajstić information content (AvgIpc) is 2.97. The normalized spacial score (nSPS) is 18.6. The Morgan fingerprint density at radius 2 is 2.29 bits per heavy atom. The zero-order chi connectivity index (χ0) is 15.5. The van der Waals surface area contributed by atoms with Crippen LogP contribution in [0.25, 0.3) is 0 Å². The summed E-state index contributed by atoms with van der Waals surface area (Å²) in [6.07, 6.45) is 0.811. The van der Waals surface area contributed by atoms with Crippen LogP contribution in [0.15, 0.2) is 23.1 Å². The van der Waals surface area contributed by atoms with Gasteiger partial charge < -0.3 is 14.6 Å². The molecule has 0 saturated carbocycles. The molecule has 1 aliphatic heterocycles. The minimum atomic E-state index is -3.75. The van der Waals surface area contributed by atoms with E-state index in [0.29, 0.717) is 13.2 Å². The molecule has 1 atom stereocenters. The van der Waals surface area contributed by atoms with E-state index in [0.717, 1.165) is 12.5 Å². The van der Waals surface area contributed by atoms with Crippen molar-refractivity contribution in [2.24, 2.45) is 5.92 Å². The third-order valence-electron chi connectivity index (χ3n) is 3.30. The van der Waals surface area contributed by atoms with Gasteiger partial charge in [-0.1, -0.05) is 0 Å². The monoisotopic (exact) mass is 315 g/mol. The number of methoxy groups -OCH3 is 1. The second kappa shape index (κ2) is 6.42. The molecule has 8 heteroatoms. The Hall–Kier alpha value is -1.64. The van der Waals surface area contributed by atoms with Gasteiger partial charge in [0, 0.05) is 13.2 Å². The number of aromatic carboxylic acids is 1. The molecule has 1 fully saturated rings. The van der Waals surface area contributed by atoms with Crippen molar-refractivity contribution in [1.82, 2.24) is 4.72 Å². The number of sulfonamides is 1. The van der Waals surface area contributed by atoms with Crippen LogP contribution < -0.4 is 9.46 Å². The van der Waals surface area contributed by atoms with Gasteiger partial charge in [0.05, 0.1) is 18.6 Å². The molecule has 2 N–H and O–H groups in total. The van der Waals surface area contributed by atoms with E-state index in [1.807, 2.05) is 0 Å². The quantitative estimate of drug-likeness (QED) is 0.801. The maximum Gasteiger partial charge on any atom is 0.339 e. The van der Waals surface area contributed by atoms with Gasteiger partial charge in [-0.25, -0.2) is 17.9 Å². The number of nitrogens with one attached hydrogen (secondary N) is 1. The molecule has 0 spiro atoms. The van der Waals surface area contributed by atoms with Crippen molar-refractivity contribution in [2.75, 3.05) is 26.9 Å². The number of carboxylic acids is 1. The van der Waals surface area contributed by atoms with Crippen LogP contribution in [0.3, 0.4) is 0 Å². The summed E-state index contributed by atoms with van der Waals surface area (Å²) in [6.45, 7) is 1.44. The number of ether oxygens (including phenoxy) is 2. The summed E-state index contributed by atoms with van der Waals surface area (Å²) in [6, 6.07) is 3.74. The Morgan fingerprint density at radius 3 is 2.86 bits per heavy atom. The molecule has 0 aliphatic carbocycles. The summed E-state index contributed by atoms with van der Waals surface area (Å²) in [5.74, 6) is -0.976. The second-order valence-corrected chi connectivity index (χ2v) is 6.52. The van der Waals surface area contributed by atoms with Gasteiger partial charge in [-0.2, -0.15) is 0 Å². The lowest BCUT2D eigenvalue weighted by Crippen LogP contribution is -2.29. The van der Waals surface area contributed by atoms with E-state index in [2.05, 4.69) is 4.72 Å². The lowest BCUT2D eigenvalue weighted by molar-refractivity contribution is 0.0693. The highest BCUT2D eigenvalue weighted by Crippen LogP contribution is 2.22. The SMILES string of the molecule is COc1ccc(S(=O)(=O)NCC2CCOC2)cc1C(=O)O. The lowest BCUT2D eigenvalue weighted by atomic mass is 10.1. The molecular weight excluding hydrogens is 298 g/mol. The first kappa shape index (κ1) is 15.7. The highest BCUT2D eigenvalue weighted by atomic mass is 32.2. The first-order valence-electron chi connectivity index (χ1n) is 6.43. The van der Waals surface area contributed by atoms with E-state index >= 15 is 0 Å². The van der Waals surface area contributed by atoms with E-state index in [9.17, 15) is 13.2 Å². The van der Waals surface area contributed by atoms with Gasteiger partial charge in [0.25, 0.3) is 0 Å². The minimum Gasteiger partial charge on any atom is -0.496 e. The van der Waals surface area contributed by atoms with Crippen LogP contribution in [0.2, 0.25) is 0 Å². The van der Waals surface area contributed by atoms with E-state index in [4.69, 9.17) is 14.6 Å². The van der Waals surface area contributed by atoms with Crippen molar-refractivity contribution in [3.63, 3.8) is 0 Å². The first-order chi connectivity index (χ1) is 9.94. The summed E-state index contributed by atoms with van der Waals surface area (Å²) in [5, 5.41) is 9.08. The number of carboxylic acid groups (broad SMARTS) is 1. The van der Waals surface area contributed by atoms with E-state index < -0.39 is 16.0 Å². The number of carbonyl (C=O) groups is 1. The summed E-state index contributed by atoms with van der Waals surface area (Å²) >= 11 is 0. The molecule has 1 heterocycles. The molecule has 21 heavy (non-hydrogen) atoms. The van der Waals surface area contributed by atoms with Crippen LogP contribution in [0, 0.1) is 5.92 Å². The smallest absolute Gasteiger partial charge is 0.339 e. The van der Waals surface area contributed by atoms with Crippen molar-refractivity contribution < 1.29 is 27.8 Å². The third kappa shape index (κ3) is 3.72. The Labute approximate surface area is 122 Å². The molecule has 1 aromatic rings. The fourth-order valence-electron chi connectivity index (χ4n) is 2.08. The van der Waals surface area contributed by atoms with Crippen LogP contribution in [-0.4, -0.2) is 46.4 Å². The molecule has 0 aromatic heterocycles. The average molecular weight is 315 g/mol. The molecule has 1 unspecified atom stereocenters. The Kier molecular flexibility index (Phi) is 4.81. The summed E-state index contributed by atoms with van der Waals surface area (Å²) < 4.78 is 36.9. The van der Waals surface area contributed by atoms with Gasteiger partial charge in [0.1, 0.15) is 11.3 Å². The van der Waals surface area contributed by atoms with Crippen molar-refractivity contribution in [3.05, 3.63) is 23.8 Å². The van der Waals surface area contributed by atoms with Crippen molar-refractivity contribution >= 4 is 16.0 Å². The van der Waals surface area contributed by atoms with Crippen LogP contribution >= 0.6 is 0 Å². The number of hydrogen-bond donors (Lipinski definition) is 2. The topological polar surface area (TPSA) is 102 Å². The van der Waals surface area contributed by atoms with Crippen LogP contribution in [0.4, 0.5) is 0 Å². The Morgan fingerprint density at radius 1 is 1.52 bits per heavy atom. The van der Waals surface area contributed by atoms with Crippen LogP contribution in [-0.2, 0) is 14.8 Å². The molecule has 1 aliphatic rings. The minimum absolute atomic E-state index is 0.0976. The van der Waals surface area contributed by atoms with Crippen LogP contribution in [0.5, 0.6) is 5.75 Å². The van der Waals surface area contributed by atoms with Gasteiger partial charge in [0.2, 0.25) is 10.0 Å². The molecule has 2 rings (SSSR count). The van der Waals surface area contributed by atoms with Gasteiger partial charge in [-0.3, -0.25) is 0 Å². The van der Waals surface area contributed by atoms with Gasteiger partial charge >= 0.3 is 5.97 Å². The number of rotatable bonds is 6. The standard InChI is InChI=1S/C13H17NO6S/c1-19-12-3-2-10(6-11(12)13(15)16)21(17,18)14-7-9-4-5-20-8-9/h2-3,6,9,14H,4-5,7-8H2,1H3,(H,15,16). The number of hydrogen-bond acceptors (Lipinski definition) is 5. The predicted octanol–water partition coefficient (Wildman–Crippen LogP) is 0.708. The van der Waals surface area contributed by atoms with Crippen LogP contribution in [0.1, 0.15) is 16.8 Å². The highest BCUT2D eigenvalue weighted by molar-refractivity contribution is 7.89. The molecule has 0 bridgehead atoms. The zero-order valence-electron chi connectivity index (χ0n) is 11.5. The number of benzene rings is 1. The lowest BCUT2D eigenvalue weighted by Gasteiger charge is -2.12. The molecule has 7 nitrogen and oxygen atoms in total. The van der Waals surface area contributed by atoms with Crippen molar-refractivity contribution in [2.45, 2.75) is 11.3 Å². The van der Waals surface area contributed by atoms with E-state index in [1.165, 1.54) is 19.2 Å². The summed E-state index contributed by atoms with van der Waals surface area (Å²) in [4.78, 5) is 11.0. The second-order valence-electron chi connectivity index (χ2n) is 4.75. The van der Waals surface area contributed by atoms with E-state index in [1.54, 1.807) is 0 Å². The molecule has 116 valence electrons. The van der Waals surface area contributed by atoms with Gasteiger partial charge in [0.15, 0.2) is 0 Å². The fraction of sp³-hybridized carbons (Fsp3) is 0.462. The summed E-state index contributed by atoms with van der Waals surface area (Å²) in [7, 11) is -2.43.